The Labute approximate surface area is 118 Å². The Morgan fingerprint density at radius 3 is 2.39 bits per heavy atom. The molecule has 0 amide bonds. The molecule has 1 atom stereocenters. The van der Waals surface area contributed by atoms with Crippen molar-refractivity contribution in [1.29, 1.82) is 0 Å². The van der Waals surface area contributed by atoms with Crippen molar-refractivity contribution in [3.8, 4) is 0 Å². The Morgan fingerprint density at radius 2 is 2.06 bits per heavy atom. The molecule has 0 radical (unpaired) electrons. The Bertz CT molecular complexity index is 550. The lowest BCUT2D eigenvalue weighted by atomic mass is 10.1. The summed E-state index contributed by atoms with van der Waals surface area (Å²) < 4.78 is 27.1. The summed E-state index contributed by atoms with van der Waals surface area (Å²) in [5.74, 6) is -1.51. The second-order valence-electron chi connectivity index (χ2n) is 4.15. The van der Waals surface area contributed by atoms with Crippen molar-refractivity contribution in [2.24, 2.45) is 5.92 Å². The summed E-state index contributed by atoms with van der Waals surface area (Å²) in [6.07, 6.45) is 0. The monoisotopic (exact) mass is 355 g/mol. The maximum Gasteiger partial charge on any atom is 0.322 e. The second-order valence-corrected chi connectivity index (χ2v) is 8.47. The van der Waals surface area contributed by atoms with Gasteiger partial charge in [-0.1, -0.05) is 13.8 Å². The molecule has 1 heterocycles. The summed E-state index contributed by atoms with van der Waals surface area (Å²) in [5.41, 5.74) is 0. The van der Waals surface area contributed by atoms with Crippen molar-refractivity contribution < 1.29 is 18.3 Å². The van der Waals surface area contributed by atoms with E-state index in [9.17, 15) is 13.2 Å². The standard InChI is InChI=1S/C10H14BrNO4S2/c1-5(2)9(10(13)14)12-18(15,16)7-4-8(11)17-6(7)3/h4-5,9,12H,1-3H3,(H,13,14)/t9-/m1/s1. The fraction of sp³-hybridized carbons (Fsp3) is 0.500. The van der Waals surface area contributed by atoms with Gasteiger partial charge in [-0.25, -0.2) is 8.42 Å². The number of hydrogen-bond donors (Lipinski definition) is 2. The molecule has 0 aromatic carbocycles. The van der Waals surface area contributed by atoms with Gasteiger partial charge in [-0.15, -0.1) is 11.3 Å². The van der Waals surface area contributed by atoms with Crippen molar-refractivity contribution in [3.63, 3.8) is 0 Å². The zero-order valence-electron chi connectivity index (χ0n) is 10.1. The van der Waals surface area contributed by atoms with Crippen LogP contribution in [-0.4, -0.2) is 25.5 Å². The molecule has 0 saturated carbocycles. The van der Waals surface area contributed by atoms with Gasteiger partial charge in [-0.2, -0.15) is 4.72 Å². The highest BCUT2D eigenvalue weighted by Crippen LogP contribution is 2.29. The molecule has 0 saturated heterocycles. The summed E-state index contributed by atoms with van der Waals surface area (Å²) in [6.45, 7) is 4.98. The van der Waals surface area contributed by atoms with Crippen LogP contribution >= 0.6 is 27.3 Å². The average molecular weight is 356 g/mol. The van der Waals surface area contributed by atoms with Gasteiger partial charge >= 0.3 is 5.97 Å². The highest BCUT2D eigenvalue weighted by Gasteiger charge is 2.29. The fourth-order valence-corrected chi connectivity index (χ4v) is 5.15. The molecule has 0 aliphatic carbocycles. The summed E-state index contributed by atoms with van der Waals surface area (Å²) >= 11 is 4.50. The van der Waals surface area contributed by atoms with Crippen LogP contribution in [0.3, 0.4) is 0 Å². The lowest BCUT2D eigenvalue weighted by molar-refractivity contribution is -0.140. The van der Waals surface area contributed by atoms with E-state index in [1.54, 1.807) is 20.8 Å². The Hall–Kier alpha value is -0.440. The van der Waals surface area contributed by atoms with E-state index in [1.807, 2.05) is 0 Å². The zero-order chi connectivity index (χ0) is 14.1. The maximum atomic E-state index is 12.1. The van der Waals surface area contributed by atoms with Gasteiger partial charge in [0.05, 0.1) is 8.68 Å². The van der Waals surface area contributed by atoms with E-state index in [4.69, 9.17) is 5.11 Å². The van der Waals surface area contributed by atoms with Crippen LogP contribution in [0.15, 0.2) is 14.7 Å². The summed E-state index contributed by atoms with van der Waals surface area (Å²) in [6, 6.07) is 0.342. The van der Waals surface area contributed by atoms with Gasteiger partial charge in [0.15, 0.2) is 0 Å². The minimum atomic E-state index is -3.81. The van der Waals surface area contributed by atoms with Crippen molar-refractivity contribution in [3.05, 3.63) is 14.7 Å². The molecule has 1 aromatic rings. The van der Waals surface area contributed by atoms with Gasteiger partial charge in [0, 0.05) is 4.88 Å². The SMILES string of the molecule is Cc1sc(Br)cc1S(=O)(=O)N[C@@H](C(=O)O)C(C)C. The maximum absolute atomic E-state index is 12.1. The molecule has 5 nitrogen and oxygen atoms in total. The molecule has 0 spiro atoms. The van der Waals surface area contributed by atoms with Crippen LogP contribution in [0.25, 0.3) is 0 Å². The number of halogens is 1. The van der Waals surface area contributed by atoms with E-state index >= 15 is 0 Å². The minimum Gasteiger partial charge on any atom is -0.480 e. The number of sulfonamides is 1. The topological polar surface area (TPSA) is 83.5 Å². The van der Waals surface area contributed by atoms with Crippen molar-refractivity contribution in [2.75, 3.05) is 0 Å². The third-order valence-corrected chi connectivity index (χ3v) is 5.60. The van der Waals surface area contributed by atoms with Crippen molar-refractivity contribution >= 4 is 43.3 Å². The molecule has 0 bridgehead atoms. The van der Waals surface area contributed by atoms with Gasteiger partial charge in [-0.3, -0.25) is 4.79 Å². The number of hydrogen-bond acceptors (Lipinski definition) is 4. The Balaban J connectivity index is 3.08. The van der Waals surface area contributed by atoms with Gasteiger partial charge in [0.1, 0.15) is 6.04 Å². The molecule has 18 heavy (non-hydrogen) atoms. The van der Waals surface area contributed by atoms with Crippen molar-refractivity contribution in [2.45, 2.75) is 31.7 Å². The summed E-state index contributed by atoms with van der Waals surface area (Å²) in [7, 11) is -3.81. The molecule has 0 aliphatic heterocycles. The predicted molar refractivity (Wildman–Crippen MR) is 73.3 cm³/mol. The van der Waals surface area contributed by atoms with Crippen LogP contribution in [0.4, 0.5) is 0 Å². The van der Waals surface area contributed by atoms with Crippen LogP contribution in [0.2, 0.25) is 0 Å². The van der Waals surface area contributed by atoms with Crippen LogP contribution in [0, 0.1) is 12.8 Å². The molecule has 0 aliphatic rings. The van der Waals surface area contributed by atoms with E-state index in [-0.39, 0.29) is 10.8 Å². The molecule has 0 fully saturated rings. The summed E-state index contributed by atoms with van der Waals surface area (Å²) in [4.78, 5) is 11.7. The van der Waals surface area contributed by atoms with Gasteiger partial charge < -0.3 is 5.11 Å². The molecule has 102 valence electrons. The Morgan fingerprint density at radius 1 is 1.50 bits per heavy atom. The normalized spacial score (nSPS) is 13.8. The first-order valence-corrected chi connectivity index (χ1v) is 8.25. The zero-order valence-corrected chi connectivity index (χ0v) is 13.3. The number of carboxylic acid groups (broad SMARTS) is 1. The Kier molecular flexibility index (Phi) is 4.93. The molecule has 1 aromatic heterocycles. The summed E-state index contributed by atoms with van der Waals surface area (Å²) in [5, 5.41) is 8.99. The smallest absolute Gasteiger partial charge is 0.322 e. The van der Waals surface area contributed by atoms with Crippen LogP contribution < -0.4 is 4.72 Å². The first-order valence-electron chi connectivity index (χ1n) is 5.16. The first-order chi connectivity index (χ1) is 8.15. The van der Waals surface area contributed by atoms with E-state index in [2.05, 4.69) is 20.7 Å². The first kappa shape index (κ1) is 15.6. The van der Waals surface area contributed by atoms with E-state index in [0.717, 1.165) is 0 Å². The number of carboxylic acids is 1. The van der Waals surface area contributed by atoms with Crippen LogP contribution in [-0.2, 0) is 14.8 Å². The lowest BCUT2D eigenvalue weighted by Gasteiger charge is -2.17. The largest absolute Gasteiger partial charge is 0.480 e. The number of thiophene rings is 1. The van der Waals surface area contributed by atoms with Gasteiger partial charge in [0.25, 0.3) is 0 Å². The van der Waals surface area contributed by atoms with Crippen LogP contribution in [0.5, 0.6) is 0 Å². The molecule has 8 heteroatoms. The third kappa shape index (κ3) is 3.53. The quantitative estimate of drug-likeness (QED) is 0.847. The van der Waals surface area contributed by atoms with E-state index in [0.29, 0.717) is 8.66 Å². The highest BCUT2D eigenvalue weighted by molar-refractivity contribution is 9.11. The predicted octanol–water partition coefficient (Wildman–Crippen LogP) is 2.21. The molecule has 1 rings (SSSR count). The number of aryl methyl sites for hydroxylation is 1. The molecule has 0 unspecified atom stereocenters. The van der Waals surface area contributed by atoms with Gasteiger partial charge in [-0.05, 0) is 34.8 Å². The second kappa shape index (κ2) is 5.68. The third-order valence-electron chi connectivity index (χ3n) is 2.35. The molecular weight excluding hydrogens is 342 g/mol. The molecule has 2 N–H and O–H groups in total. The van der Waals surface area contributed by atoms with E-state index in [1.165, 1.54) is 17.4 Å². The number of carbonyl (C=O) groups is 1. The number of nitrogens with one attached hydrogen (secondary N) is 1. The highest BCUT2D eigenvalue weighted by atomic mass is 79.9. The van der Waals surface area contributed by atoms with E-state index < -0.39 is 22.0 Å². The average Bonchev–Trinajstić information content (AvgIpc) is 2.54. The molecular formula is C10H14BrNO4S2. The minimum absolute atomic E-state index is 0.117. The van der Waals surface area contributed by atoms with Crippen molar-refractivity contribution in [1.82, 2.24) is 4.72 Å². The number of aliphatic carboxylic acids is 1. The van der Waals surface area contributed by atoms with Crippen LogP contribution in [0.1, 0.15) is 18.7 Å². The lowest BCUT2D eigenvalue weighted by Crippen LogP contribution is -2.44. The fourth-order valence-electron chi connectivity index (χ4n) is 1.40. The number of rotatable bonds is 5. The van der Waals surface area contributed by atoms with Gasteiger partial charge in [0.2, 0.25) is 10.0 Å².